The number of piperidine rings is 1. The average molecular weight is 512 g/mol. The van der Waals surface area contributed by atoms with Gasteiger partial charge in [-0.05, 0) is 49.7 Å². The Hall–Kier alpha value is -4.11. The van der Waals surface area contributed by atoms with E-state index in [1.54, 1.807) is 12.1 Å². The number of amides is 2. The van der Waals surface area contributed by atoms with Gasteiger partial charge in [-0.2, -0.15) is 0 Å². The molecule has 0 radical (unpaired) electrons. The molecule has 9 heteroatoms. The van der Waals surface area contributed by atoms with Crippen molar-refractivity contribution in [3.63, 3.8) is 0 Å². The van der Waals surface area contributed by atoms with Crippen LogP contribution in [0.15, 0.2) is 61.3 Å². The molecule has 2 aliphatic rings. The number of aromatic amines is 1. The molecule has 0 aliphatic carbocycles. The van der Waals surface area contributed by atoms with Crippen molar-refractivity contribution in [1.82, 2.24) is 34.1 Å². The van der Waals surface area contributed by atoms with Crippen molar-refractivity contribution in [3.05, 3.63) is 72.7 Å². The molecule has 2 amide bonds. The van der Waals surface area contributed by atoms with Gasteiger partial charge in [0.05, 0.1) is 17.4 Å². The van der Waals surface area contributed by atoms with Crippen molar-refractivity contribution >= 4 is 22.6 Å². The van der Waals surface area contributed by atoms with Crippen LogP contribution in [0.4, 0.5) is 9.18 Å². The lowest BCUT2D eigenvalue weighted by atomic mass is 10.0. The molecule has 7 rings (SSSR count). The maximum absolute atomic E-state index is 15.1. The van der Waals surface area contributed by atoms with Gasteiger partial charge in [0.2, 0.25) is 0 Å². The molecule has 0 saturated carbocycles. The van der Waals surface area contributed by atoms with Gasteiger partial charge in [0.1, 0.15) is 11.5 Å². The van der Waals surface area contributed by atoms with Crippen LogP contribution in [-0.4, -0.2) is 67.5 Å². The van der Waals surface area contributed by atoms with Crippen LogP contribution >= 0.6 is 0 Å². The molecule has 0 spiro atoms. The first-order valence-corrected chi connectivity index (χ1v) is 13.2. The summed E-state index contributed by atoms with van der Waals surface area (Å²) >= 11 is 0. The fourth-order valence-electron chi connectivity index (χ4n) is 6.17. The van der Waals surface area contributed by atoms with E-state index >= 15 is 4.39 Å². The first-order valence-electron chi connectivity index (χ1n) is 13.2. The number of nitrogens with zero attached hydrogens (tertiary/aromatic N) is 5. The summed E-state index contributed by atoms with van der Waals surface area (Å²) in [4.78, 5) is 25.1. The highest BCUT2D eigenvalue weighted by molar-refractivity contribution is 6.01. The van der Waals surface area contributed by atoms with Crippen LogP contribution in [0.5, 0.6) is 0 Å². The number of rotatable bonds is 3. The molecule has 0 unspecified atom stereocenters. The van der Waals surface area contributed by atoms with Crippen molar-refractivity contribution in [3.8, 4) is 22.4 Å². The Labute approximate surface area is 219 Å². The van der Waals surface area contributed by atoms with E-state index in [0.29, 0.717) is 25.7 Å². The first kappa shape index (κ1) is 23.0. The molecule has 1 saturated heterocycles. The highest BCUT2D eigenvalue weighted by atomic mass is 19.1. The molecule has 0 atom stereocenters. The molecule has 194 valence electrons. The van der Waals surface area contributed by atoms with E-state index in [1.165, 1.54) is 0 Å². The van der Waals surface area contributed by atoms with Gasteiger partial charge in [0.15, 0.2) is 0 Å². The number of carbonyl (C=O) groups excluding carboxylic acids is 1. The molecule has 38 heavy (non-hydrogen) atoms. The van der Waals surface area contributed by atoms with Crippen molar-refractivity contribution in [1.29, 1.82) is 0 Å². The number of imidazole rings is 1. The van der Waals surface area contributed by atoms with Crippen LogP contribution < -0.4 is 5.32 Å². The topological polar surface area (TPSA) is 73.6 Å². The molecule has 4 aromatic heterocycles. The summed E-state index contributed by atoms with van der Waals surface area (Å²) in [5, 5.41) is 4.18. The summed E-state index contributed by atoms with van der Waals surface area (Å²) < 4.78 is 19.3. The van der Waals surface area contributed by atoms with Crippen LogP contribution in [0.2, 0.25) is 0 Å². The lowest BCUT2D eigenvalue weighted by Gasteiger charge is -2.35. The molecule has 1 fully saturated rings. The maximum atomic E-state index is 15.1. The number of urea groups is 1. The summed E-state index contributed by atoms with van der Waals surface area (Å²) in [5.41, 5.74) is 6.66. The Balaban J connectivity index is 1.26. The van der Waals surface area contributed by atoms with Crippen LogP contribution in [-0.2, 0) is 13.1 Å². The Morgan fingerprint density at radius 1 is 1.05 bits per heavy atom. The number of nitrogens with one attached hydrogen (secondary N) is 2. The SMILES string of the molecule is CNC1CCN(C(=O)N2CCn3cc(-c4c[nH]cc4-c4cnc5ccccn45)c4cc(F)cc(c43)C2)CC1. The van der Waals surface area contributed by atoms with Gasteiger partial charge >= 0.3 is 6.03 Å². The third-order valence-corrected chi connectivity index (χ3v) is 8.16. The predicted molar refractivity (Wildman–Crippen MR) is 145 cm³/mol. The van der Waals surface area contributed by atoms with Gasteiger partial charge in [0, 0.05) is 85.6 Å². The second kappa shape index (κ2) is 9.02. The zero-order valence-corrected chi connectivity index (χ0v) is 21.3. The van der Waals surface area contributed by atoms with Gasteiger partial charge in [-0.1, -0.05) is 6.07 Å². The number of H-pyrrole nitrogens is 1. The molecule has 0 bridgehead atoms. The number of benzene rings is 1. The second-order valence-corrected chi connectivity index (χ2v) is 10.3. The van der Waals surface area contributed by atoms with E-state index in [2.05, 4.69) is 30.4 Å². The third-order valence-electron chi connectivity index (χ3n) is 8.16. The van der Waals surface area contributed by atoms with Crippen LogP contribution in [0.3, 0.4) is 0 Å². The summed E-state index contributed by atoms with van der Waals surface area (Å²) in [6.07, 6.45) is 11.8. The van der Waals surface area contributed by atoms with E-state index in [1.807, 2.05) is 59.8 Å². The number of aromatic nitrogens is 4. The van der Waals surface area contributed by atoms with Crippen LogP contribution in [0.25, 0.3) is 38.9 Å². The minimum absolute atomic E-state index is 0.0449. The molecular weight excluding hydrogens is 481 g/mol. The van der Waals surface area contributed by atoms with E-state index in [9.17, 15) is 4.79 Å². The fraction of sp³-hybridized carbons (Fsp3) is 0.310. The first-order chi connectivity index (χ1) is 18.6. The number of likely N-dealkylation sites (tertiary alicyclic amines) is 1. The zero-order valence-electron chi connectivity index (χ0n) is 21.3. The van der Waals surface area contributed by atoms with Gasteiger partial charge in [-0.3, -0.25) is 4.40 Å². The predicted octanol–water partition coefficient (Wildman–Crippen LogP) is 4.71. The standard InChI is InChI=1S/C29H30FN7O/c1-31-21-5-8-34(9-6-21)29(38)36-11-10-35-18-25(22-13-20(30)12-19(17-36)28(22)35)23-14-32-15-24(23)26-16-33-27-4-2-3-7-37(26)27/h2-4,7,12-16,18,21,31-32H,5-6,8-11,17H2,1H3. The van der Waals surface area contributed by atoms with Crippen molar-refractivity contribution in [2.45, 2.75) is 32.0 Å². The Bertz CT molecular complexity index is 1660. The van der Waals surface area contributed by atoms with Gasteiger partial charge in [-0.25, -0.2) is 14.2 Å². The average Bonchev–Trinajstić information content (AvgIpc) is 3.64. The normalized spacial score (nSPS) is 16.5. The third kappa shape index (κ3) is 3.68. The summed E-state index contributed by atoms with van der Waals surface area (Å²) in [6, 6.07) is 9.65. The Kier molecular flexibility index (Phi) is 5.47. The Morgan fingerprint density at radius 2 is 1.89 bits per heavy atom. The monoisotopic (exact) mass is 511 g/mol. The smallest absolute Gasteiger partial charge is 0.320 e. The largest absolute Gasteiger partial charge is 0.366 e. The number of pyridine rings is 1. The second-order valence-electron chi connectivity index (χ2n) is 10.3. The van der Waals surface area contributed by atoms with Gasteiger partial charge in [-0.15, -0.1) is 0 Å². The molecule has 6 heterocycles. The molecule has 2 aliphatic heterocycles. The molecule has 5 aromatic rings. The summed E-state index contributed by atoms with van der Waals surface area (Å²) in [6.45, 7) is 3.13. The van der Waals surface area contributed by atoms with Crippen molar-refractivity contribution in [2.75, 3.05) is 26.7 Å². The number of carbonyl (C=O) groups is 1. The van der Waals surface area contributed by atoms with Gasteiger partial charge < -0.3 is 24.7 Å². The van der Waals surface area contributed by atoms with Crippen LogP contribution in [0.1, 0.15) is 18.4 Å². The minimum atomic E-state index is -0.289. The lowest BCUT2D eigenvalue weighted by Crippen LogP contribution is -2.49. The maximum Gasteiger partial charge on any atom is 0.320 e. The molecular formula is C29H30FN7O. The van der Waals surface area contributed by atoms with E-state index < -0.39 is 0 Å². The van der Waals surface area contributed by atoms with Crippen molar-refractivity contribution in [2.24, 2.45) is 0 Å². The number of hydrogen-bond acceptors (Lipinski definition) is 3. The molecule has 1 aromatic carbocycles. The summed E-state index contributed by atoms with van der Waals surface area (Å²) in [7, 11) is 1.98. The van der Waals surface area contributed by atoms with E-state index in [-0.39, 0.29) is 11.8 Å². The number of hydrogen-bond donors (Lipinski definition) is 2. The lowest BCUT2D eigenvalue weighted by molar-refractivity contribution is 0.135. The quantitative estimate of drug-likeness (QED) is 0.369. The molecule has 8 nitrogen and oxygen atoms in total. The van der Waals surface area contributed by atoms with E-state index in [4.69, 9.17) is 0 Å². The van der Waals surface area contributed by atoms with Crippen LogP contribution in [0, 0.1) is 5.82 Å². The fourth-order valence-corrected chi connectivity index (χ4v) is 6.17. The van der Waals surface area contributed by atoms with E-state index in [0.717, 1.165) is 70.4 Å². The number of fused-ring (bicyclic) bond motifs is 1. The summed E-state index contributed by atoms with van der Waals surface area (Å²) in [5.74, 6) is -0.289. The minimum Gasteiger partial charge on any atom is -0.366 e. The molecule has 2 N–H and O–H groups in total. The number of halogens is 1. The zero-order chi connectivity index (χ0) is 25.8. The highest BCUT2D eigenvalue weighted by Crippen LogP contribution is 2.40. The Morgan fingerprint density at radius 3 is 2.74 bits per heavy atom. The highest BCUT2D eigenvalue weighted by Gasteiger charge is 2.29. The van der Waals surface area contributed by atoms with Gasteiger partial charge in [0.25, 0.3) is 0 Å². The van der Waals surface area contributed by atoms with Crippen molar-refractivity contribution < 1.29 is 9.18 Å².